The molecule has 5 heteroatoms. The van der Waals surface area contributed by atoms with E-state index >= 15 is 0 Å². The van der Waals surface area contributed by atoms with Crippen molar-refractivity contribution in [3.05, 3.63) is 24.3 Å². The number of hydrogen-bond donors (Lipinski definition) is 2. The summed E-state index contributed by atoms with van der Waals surface area (Å²) < 4.78 is 11.4. The van der Waals surface area contributed by atoms with E-state index in [9.17, 15) is 0 Å². The summed E-state index contributed by atoms with van der Waals surface area (Å²) in [5, 5.41) is 6.54. The summed E-state index contributed by atoms with van der Waals surface area (Å²) in [5.74, 6) is 0. The van der Waals surface area contributed by atoms with E-state index in [0.717, 1.165) is 56.6 Å². The van der Waals surface area contributed by atoms with Crippen LogP contribution >= 0.6 is 0 Å². The summed E-state index contributed by atoms with van der Waals surface area (Å²) >= 11 is 0. The first-order chi connectivity index (χ1) is 9.92. The van der Waals surface area contributed by atoms with Gasteiger partial charge in [0, 0.05) is 13.2 Å². The molecule has 0 saturated carbocycles. The minimum Gasteiger partial charge on any atom is -0.424 e. The number of anilines is 1. The van der Waals surface area contributed by atoms with E-state index in [1.54, 1.807) is 0 Å². The molecule has 3 rings (SSSR count). The van der Waals surface area contributed by atoms with E-state index in [-0.39, 0.29) is 0 Å². The molecule has 0 aliphatic carbocycles. The first-order valence-corrected chi connectivity index (χ1v) is 7.33. The first kappa shape index (κ1) is 13.4. The van der Waals surface area contributed by atoms with Gasteiger partial charge in [0.15, 0.2) is 5.58 Å². The largest absolute Gasteiger partial charge is 0.424 e. The van der Waals surface area contributed by atoms with E-state index in [1.165, 1.54) is 0 Å². The zero-order valence-electron chi connectivity index (χ0n) is 11.6. The highest BCUT2D eigenvalue weighted by molar-refractivity contribution is 5.74. The minimum atomic E-state index is 0.431. The average molecular weight is 275 g/mol. The number of para-hydroxylation sites is 2. The van der Waals surface area contributed by atoms with E-state index in [2.05, 4.69) is 15.6 Å². The lowest BCUT2D eigenvalue weighted by Crippen LogP contribution is -2.32. The molecule has 2 N–H and O–H groups in total. The standard InChI is InChI=1S/C15H21N3O2/c1-2-5-14-13(4-1)18-15(20-14)17-8-3-11-19-12-6-9-16-10-7-12/h1-2,4-5,12,16H,3,6-11H2,(H,17,18). The van der Waals surface area contributed by atoms with Crippen LogP contribution < -0.4 is 10.6 Å². The number of nitrogens with one attached hydrogen (secondary N) is 2. The number of oxazole rings is 1. The SMILES string of the molecule is c1ccc2oc(NCCCOC3CCNCC3)nc2c1. The van der Waals surface area contributed by atoms with Gasteiger partial charge in [0.05, 0.1) is 6.10 Å². The molecule has 0 unspecified atom stereocenters. The lowest BCUT2D eigenvalue weighted by Gasteiger charge is -2.22. The van der Waals surface area contributed by atoms with Crippen LogP contribution in [0, 0.1) is 0 Å². The molecule has 0 atom stereocenters. The minimum absolute atomic E-state index is 0.431. The van der Waals surface area contributed by atoms with Crippen molar-refractivity contribution >= 4 is 17.1 Å². The quantitative estimate of drug-likeness (QED) is 0.793. The Morgan fingerprint density at radius 2 is 2.15 bits per heavy atom. The molecule has 1 aromatic carbocycles. The van der Waals surface area contributed by atoms with Crippen LogP contribution in [0.5, 0.6) is 0 Å². The van der Waals surface area contributed by atoms with Gasteiger partial charge in [-0.05, 0) is 44.5 Å². The number of fused-ring (bicyclic) bond motifs is 1. The summed E-state index contributed by atoms with van der Waals surface area (Å²) in [7, 11) is 0. The monoisotopic (exact) mass is 275 g/mol. The van der Waals surface area contributed by atoms with Crippen LogP contribution in [0.3, 0.4) is 0 Å². The van der Waals surface area contributed by atoms with Crippen molar-refractivity contribution in [2.24, 2.45) is 0 Å². The van der Waals surface area contributed by atoms with Crippen molar-refractivity contribution in [3.63, 3.8) is 0 Å². The fourth-order valence-electron chi connectivity index (χ4n) is 2.43. The number of nitrogens with zero attached hydrogens (tertiary/aromatic N) is 1. The van der Waals surface area contributed by atoms with Crippen molar-refractivity contribution in [2.75, 3.05) is 31.6 Å². The Bertz CT molecular complexity index is 502. The topological polar surface area (TPSA) is 59.3 Å². The van der Waals surface area contributed by atoms with Gasteiger partial charge in [0.1, 0.15) is 5.52 Å². The zero-order valence-corrected chi connectivity index (χ0v) is 11.6. The van der Waals surface area contributed by atoms with Crippen LogP contribution in [0.2, 0.25) is 0 Å². The van der Waals surface area contributed by atoms with E-state index in [0.29, 0.717) is 12.1 Å². The normalized spacial score (nSPS) is 16.6. The maximum Gasteiger partial charge on any atom is 0.295 e. The fraction of sp³-hybridized carbons (Fsp3) is 0.533. The Morgan fingerprint density at radius 1 is 1.30 bits per heavy atom. The van der Waals surface area contributed by atoms with Crippen molar-refractivity contribution in [3.8, 4) is 0 Å². The summed E-state index contributed by atoms with van der Waals surface area (Å²) in [6, 6.07) is 8.37. The van der Waals surface area contributed by atoms with E-state index in [1.807, 2.05) is 24.3 Å². The maximum absolute atomic E-state index is 5.85. The Hall–Kier alpha value is -1.59. The third kappa shape index (κ3) is 3.49. The molecule has 0 amide bonds. The van der Waals surface area contributed by atoms with Gasteiger partial charge in [-0.15, -0.1) is 0 Å². The van der Waals surface area contributed by atoms with Crippen LogP contribution in [0.25, 0.3) is 11.1 Å². The van der Waals surface area contributed by atoms with Gasteiger partial charge in [-0.2, -0.15) is 4.98 Å². The van der Waals surface area contributed by atoms with Gasteiger partial charge in [-0.3, -0.25) is 0 Å². The molecule has 2 aromatic rings. The summed E-state index contributed by atoms with van der Waals surface area (Å²) in [5.41, 5.74) is 1.71. The Labute approximate surface area is 118 Å². The van der Waals surface area contributed by atoms with Crippen LogP contribution in [0.1, 0.15) is 19.3 Å². The molecule has 1 aliphatic heterocycles. The van der Waals surface area contributed by atoms with Crippen molar-refractivity contribution in [1.82, 2.24) is 10.3 Å². The van der Waals surface area contributed by atoms with E-state index in [4.69, 9.17) is 9.15 Å². The van der Waals surface area contributed by atoms with Gasteiger partial charge in [-0.1, -0.05) is 12.1 Å². The lowest BCUT2D eigenvalue weighted by molar-refractivity contribution is 0.0329. The summed E-state index contributed by atoms with van der Waals surface area (Å²) in [4.78, 5) is 4.37. The summed E-state index contributed by atoms with van der Waals surface area (Å²) in [6.45, 7) is 3.76. The number of rotatable bonds is 6. The van der Waals surface area contributed by atoms with Crippen molar-refractivity contribution in [2.45, 2.75) is 25.4 Å². The zero-order chi connectivity index (χ0) is 13.6. The Balaban J connectivity index is 1.37. The second kappa shape index (κ2) is 6.72. The molecule has 0 bridgehead atoms. The highest BCUT2D eigenvalue weighted by Crippen LogP contribution is 2.17. The number of ether oxygens (including phenoxy) is 1. The number of piperidine rings is 1. The molecule has 1 saturated heterocycles. The van der Waals surface area contributed by atoms with Gasteiger partial charge >= 0.3 is 0 Å². The molecule has 1 aliphatic rings. The number of aromatic nitrogens is 1. The number of benzene rings is 1. The molecule has 5 nitrogen and oxygen atoms in total. The molecule has 108 valence electrons. The predicted octanol–water partition coefficient (Wildman–Crippen LogP) is 2.40. The van der Waals surface area contributed by atoms with Crippen LogP contribution in [-0.4, -0.2) is 37.3 Å². The molecular formula is C15H21N3O2. The molecule has 1 fully saturated rings. The van der Waals surface area contributed by atoms with Gasteiger partial charge in [0.2, 0.25) is 0 Å². The third-order valence-corrected chi connectivity index (χ3v) is 3.53. The highest BCUT2D eigenvalue weighted by Gasteiger charge is 2.12. The maximum atomic E-state index is 5.85. The molecule has 20 heavy (non-hydrogen) atoms. The average Bonchev–Trinajstić information content (AvgIpc) is 2.90. The van der Waals surface area contributed by atoms with Crippen LogP contribution in [0.15, 0.2) is 28.7 Å². The van der Waals surface area contributed by atoms with Gasteiger partial charge in [-0.25, -0.2) is 0 Å². The second-order valence-corrected chi connectivity index (χ2v) is 5.09. The number of hydrogen-bond acceptors (Lipinski definition) is 5. The van der Waals surface area contributed by atoms with Crippen LogP contribution in [-0.2, 0) is 4.74 Å². The molecule has 2 heterocycles. The Kier molecular flexibility index (Phi) is 4.50. The fourth-order valence-corrected chi connectivity index (χ4v) is 2.43. The van der Waals surface area contributed by atoms with Gasteiger partial charge in [0.25, 0.3) is 6.01 Å². The Morgan fingerprint density at radius 3 is 3.00 bits per heavy atom. The first-order valence-electron chi connectivity index (χ1n) is 7.33. The predicted molar refractivity (Wildman–Crippen MR) is 79.0 cm³/mol. The van der Waals surface area contributed by atoms with Crippen molar-refractivity contribution in [1.29, 1.82) is 0 Å². The third-order valence-electron chi connectivity index (χ3n) is 3.53. The molecule has 0 radical (unpaired) electrons. The summed E-state index contributed by atoms with van der Waals surface area (Å²) in [6.07, 6.45) is 3.64. The van der Waals surface area contributed by atoms with Crippen molar-refractivity contribution < 1.29 is 9.15 Å². The molecular weight excluding hydrogens is 254 g/mol. The molecule has 1 aromatic heterocycles. The van der Waals surface area contributed by atoms with E-state index < -0.39 is 0 Å². The lowest BCUT2D eigenvalue weighted by atomic mass is 10.1. The van der Waals surface area contributed by atoms with Gasteiger partial charge < -0.3 is 19.8 Å². The molecule has 0 spiro atoms. The second-order valence-electron chi connectivity index (χ2n) is 5.09. The smallest absolute Gasteiger partial charge is 0.295 e. The highest BCUT2D eigenvalue weighted by atomic mass is 16.5. The van der Waals surface area contributed by atoms with Crippen LogP contribution in [0.4, 0.5) is 6.01 Å².